The average Bonchev–Trinajstić information content (AvgIpc) is 3.03. The second-order valence-corrected chi connectivity index (χ2v) is 12.2. The number of hydrogen-bond donors (Lipinski definition) is 4. The van der Waals surface area contributed by atoms with Crippen molar-refractivity contribution in [1.29, 1.82) is 0 Å². The fraction of sp³-hybridized carbons (Fsp3) is 0.389. The molecule has 0 heterocycles. The first-order chi connectivity index (χ1) is 21.4. The standard InChI is InChI=1S/C36H45N3O6/c1-6-7-8-9-10-23-45-30-21-17-28(18-22-30)34(42)39-38-33(41)27-13-11-25(12-14-27)24(2)31(35(43)44)37-32(40)26-15-19-29(20-16-26)36(3,4)5/h11-22,24,31H,6-10,23H2,1-5H3,(H,37,40)(H,38,41)(H,39,42)(H,43,44). The number of carbonyl (C=O) groups excluding carboxylic acids is 3. The van der Waals surface area contributed by atoms with Gasteiger partial charge in [-0.1, -0.05) is 84.6 Å². The van der Waals surface area contributed by atoms with Crippen LogP contribution in [0.2, 0.25) is 0 Å². The Labute approximate surface area is 265 Å². The molecule has 0 bridgehead atoms. The molecule has 9 heteroatoms. The predicted molar refractivity (Wildman–Crippen MR) is 175 cm³/mol. The lowest BCUT2D eigenvalue weighted by atomic mass is 9.86. The Bertz CT molecular complexity index is 1430. The van der Waals surface area contributed by atoms with Crippen LogP contribution in [0.5, 0.6) is 5.75 Å². The summed E-state index contributed by atoms with van der Waals surface area (Å²) in [4.78, 5) is 50.1. The van der Waals surface area contributed by atoms with Crippen LogP contribution < -0.4 is 20.9 Å². The van der Waals surface area contributed by atoms with Gasteiger partial charge in [0.25, 0.3) is 17.7 Å². The summed E-state index contributed by atoms with van der Waals surface area (Å²) >= 11 is 0. The summed E-state index contributed by atoms with van der Waals surface area (Å²) < 4.78 is 5.73. The molecule has 3 aromatic rings. The number of hydrogen-bond acceptors (Lipinski definition) is 5. The average molecular weight is 616 g/mol. The highest BCUT2D eigenvalue weighted by atomic mass is 16.5. The molecule has 240 valence electrons. The summed E-state index contributed by atoms with van der Waals surface area (Å²) in [6.07, 6.45) is 5.74. The number of carboxylic acid groups (broad SMARTS) is 1. The molecule has 0 aliphatic rings. The van der Waals surface area contributed by atoms with Gasteiger partial charge in [-0.15, -0.1) is 0 Å². The van der Waals surface area contributed by atoms with Gasteiger partial charge in [0.1, 0.15) is 11.8 Å². The molecule has 4 N–H and O–H groups in total. The zero-order valence-corrected chi connectivity index (χ0v) is 26.8. The smallest absolute Gasteiger partial charge is 0.326 e. The number of carboxylic acids is 1. The number of ether oxygens (including phenoxy) is 1. The van der Waals surface area contributed by atoms with Crippen LogP contribution in [-0.2, 0) is 10.2 Å². The highest BCUT2D eigenvalue weighted by molar-refractivity contribution is 5.99. The Hall–Kier alpha value is -4.66. The third-order valence-electron chi connectivity index (χ3n) is 7.69. The fourth-order valence-corrected chi connectivity index (χ4v) is 4.73. The van der Waals surface area contributed by atoms with Crippen LogP contribution in [0.15, 0.2) is 72.8 Å². The second kappa shape index (κ2) is 16.4. The molecule has 3 aromatic carbocycles. The lowest BCUT2D eigenvalue weighted by molar-refractivity contribution is -0.139. The maximum atomic E-state index is 12.9. The summed E-state index contributed by atoms with van der Waals surface area (Å²) in [5, 5.41) is 12.5. The number of rotatable bonds is 14. The van der Waals surface area contributed by atoms with Gasteiger partial charge >= 0.3 is 5.97 Å². The van der Waals surface area contributed by atoms with Crippen molar-refractivity contribution in [1.82, 2.24) is 16.2 Å². The molecular formula is C36H45N3O6. The number of hydrazine groups is 1. The molecule has 2 atom stereocenters. The van der Waals surface area contributed by atoms with Crippen LogP contribution in [0.4, 0.5) is 0 Å². The monoisotopic (exact) mass is 615 g/mol. The maximum absolute atomic E-state index is 12.9. The highest BCUT2D eigenvalue weighted by Crippen LogP contribution is 2.24. The molecular weight excluding hydrogens is 570 g/mol. The Morgan fingerprint density at radius 1 is 0.711 bits per heavy atom. The van der Waals surface area contributed by atoms with Crippen molar-refractivity contribution in [3.8, 4) is 5.75 Å². The van der Waals surface area contributed by atoms with Gasteiger partial charge in [0.05, 0.1) is 6.61 Å². The minimum absolute atomic E-state index is 0.0729. The van der Waals surface area contributed by atoms with E-state index >= 15 is 0 Å². The molecule has 0 saturated carbocycles. The van der Waals surface area contributed by atoms with Crippen molar-refractivity contribution in [3.63, 3.8) is 0 Å². The maximum Gasteiger partial charge on any atom is 0.326 e. The fourth-order valence-electron chi connectivity index (χ4n) is 4.73. The molecule has 0 aliphatic carbocycles. The third-order valence-corrected chi connectivity index (χ3v) is 7.69. The summed E-state index contributed by atoms with van der Waals surface area (Å²) in [6.45, 7) is 10.7. The summed E-state index contributed by atoms with van der Waals surface area (Å²) in [6, 6.07) is 18.9. The third kappa shape index (κ3) is 10.5. The van der Waals surface area contributed by atoms with Crippen molar-refractivity contribution in [2.24, 2.45) is 0 Å². The molecule has 3 amide bonds. The van der Waals surface area contributed by atoms with E-state index in [-0.39, 0.29) is 11.0 Å². The number of unbranched alkanes of at least 4 members (excludes halogenated alkanes) is 4. The number of aliphatic carboxylic acids is 1. The minimum Gasteiger partial charge on any atom is -0.494 e. The quantitative estimate of drug-likeness (QED) is 0.123. The van der Waals surface area contributed by atoms with Crippen molar-refractivity contribution < 1.29 is 29.0 Å². The van der Waals surface area contributed by atoms with Gasteiger partial charge < -0.3 is 15.2 Å². The van der Waals surface area contributed by atoms with Gasteiger partial charge in [0.2, 0.25) is 0 Å². The zero-order chi connectivity index (χ0) is 33.0. The Balaban J connectivity index is 1.52. The predicted octanol–water partition coefficient (Wildman–Crippen LogP) is 6.39. The lowest BCUT2D eigenvalue weighted by Crippen LogP contribution is -2.44. The van der Waals surface area contributed by atoms with Gasteiger partial charge in [-0.3, -0.25) is 25.2 Å². The van der Waals surface area contributed by atoms with Gasteiger partial charge in [-0.2, -0.15) is 0 Å². The number of amides is 3. The van der Waals surface area contributed by atoms with Gasteiger partial charge in [0, 0.05) is 22.6 Å². The Kier molecular flexibility index (Phi) is 12.7. The first kappa shape index (κ1) is 34.8. The first-order valence-electron chi connectivity index (χ1n) is 15.5. The van der Waals surface area contributed by atoms with Crippen molar-refractivity contribution >= 4 is 23.7 Å². The van der Waals surface area contributed by atoms with Crippen molar-refractivity contribution in [2.45, 2.75) is 84.1 Å². The van der Waals surface area contributed by atoms with Crippen LogP contribution in [0.1, 0.15) is 115 Å². The van der Waals surface area contributed by atoms with Crippen LogP contribution in [0, 0.1) is 0 Å². The number of benzene rings is 3. The van der Waals surface area contributed by atoms with E-state index in [4.69, 9.17) is 4.74 Å². The van der Waals surface area contributed by atoms with Crippen LogP contribution >= 0.6 is 0 Å². The van der Waals surface area contributed by atoms with E-state index in [9.17, 15) is 24.3 Å². The molecule has 0 aliphatic heterocycles. The van der Waals surface area contributed by atoms with Gasteiger partial charge in [-0.05, 0) is 71.5 Å². The largest absolute Gasteiger partial charge is 0.494 e. The molecule has 0 aromatic heterocycles. The molecule has 0 radical (unpaired) electrons. The Morgan fingerprint density at radius 2 is 1.20 bits per heavy atom. The van der Waals surface area contributed by atoms with Crippen LogP contribution in [0.3, 0.4) is 0 Å². The summed E-state index contributed by atoms with van der Waals surface area (Å²) in [7, 11) is 0. The Morgan fingerprint density at radius 3 is 1.71 bits per heavy atom. The van der Waals surface area contributed by atoms with E-state index in [2.05, 4.69) is 43.9 Å². The molecule has 0 saturated heterocycles. The molecule has 45 heavy (non-hydrogen) atoms. The van der Waals surface area contributed by atoms with Gasteiger partial charge in [-0.25, -0.2) is 4.79 Å². The van der Waals surface area contributed by atoms with Crippen molar-refractivity contribution in [2.75, 3.05) is 6.61 Å². The lowest BCUT2D eigenvalue weighted by Gasteiger charge is -2.23. The first-order valence-corrected chi connectivity index (χ1v) is 15.5. The van der Waals surface area contributed by atoms with E-state index in [1.54, 1.807) is 55.5 Å². The normalized spacial score (nSPS) is 12.5. The molecule has 0 fully saturated rings. The number of nitrogens with one attached hydrogen (secondary N) is 3. The van der Waals surface area contributed by atoms with E-state index in [0.29, 0.717) is 29.0 Å². The molecule has 3 rings (SSSR count). The van der Waals surface area contributed by atoms with Crippen LogP contribution in [-0.4, -0.2) is 41.4 Å². The molecule has 0 spiro atoms. The minimum atomic E-state index is -1.19. The summed E-state index contributed by atoms with van der Waals surface area (Å²) in [5.74, 6) is -2.58. The zero-order valence-electron chi connectivity index (χ0n) is 26.8. The highest BCUT2D eigenvalue weighted by Gasteiger charge is 2.28. The summed E-state index contributed by atoms with van der Waals surface area (Å²) in [5.41, 5.74) is 7.41. The van der Waals surface area contributed by atoms with E-state index in [1.165, 1.54) is 31.4 Å². The van der Waals surface area contributed by atoms with Crippen LogP contribution in [0.25, 0.3) is 0 Å². The van der Waals surface area contributed by atoms with E-state index in [0.717, 1.165) is 18.4 Å². The second-order valence-electron chi connectivity index (χ2n) is 12.2. The molecule has 9 nitrogen and oxygen atoms in total. The topological polar surface area (TPSA) is 134 Å². The van der Waals surface area contributed by atoms with Crippen molar-refractivity contribution in [3.05, 3.63) is 101 Å². The van der Waals surface area contributed by atoms with E-state index < -0.39 is 35.7 Å². The van der Waals surface area contributed by atoms with E-state index in [1.807, 2.05) is 12.1 Å². The van der Waals surface area contributed by atoms with Gasteiger partial charge in [0.15, 0.2) is 0 Å². The SMILES string of the molecule is CCCCCCCOc1ccc(C(=O)NNC(=O)c2ccc(C(C)C(NC(=O)c3ccc(C(C)(C)C)cc3)C(=O)O)cc2)cc1. The number of carbonyl (C=O) groups is 4. The molecule has 2 unspecified atom stereocenters.